The third kappa shape index (κ3) is 1.97. The second-order valence-electron chi connectivity index (χ2n) is 7.00. The van der Waals surface area contributed by atoms with Crippen molar-refractivity contribution in [1.29, 1.82) is 0 Å². The van der Waals surface area contributed by atoms with Gasteiger partial charge in [0.25, 0.3) is 0 Å². The minimum absolute atomic E-state index is 0.0469. The summed E-state index contributed by atoms with van der Waals surface area (Å²) in [5, 5.41) is 31.4. The summed E-state index contributed by atoms with van der Waals surface area (Å²) >= 11 is 0. The Morgan fingerprint density at radius 3 is 2.53 bits per heavy atom. The zero-order valence-electron chi connectivity index (χ0n) is 12.1. The minimum atomic E-state index is -1.22. The van der Waals surface area contributed by atoms with Crippen LogP contribution in [0.5, 0.6) is 0 Å². The molecule has 0 saturated heterocycles. The van der Waals surface area contributed by atoms with E-state index in [0.717, 1.165) is 0 Å². The summed E-state index contributed by atoms with van der Waals surface area (Å²) in [6.45, 7) is 6.99. The van der Waals surface area contributed by atoms with Crippen molar-refractivity contribution in [2.24, 2.45) is 11.3 Å². The number of hydrogen-bond acceptors (Lipinski definition) is 4. The quantitative estimate of drug-likeness (QED) is 0.667. The molecule has 19 heavy (non-hydrogen) atoms. The third-order valence-electron chi connectivity index (χ3n) is 5.38. The van der Waals surface area contributed by atoms with Crippen molar-refractivity contribution in [3.8, 4) is 0 Å². The lowest BCUT2D eigenvalue weighted by Gasteiger charge is -2.56. The van der Waals surface area contributed by atoms with Crippen LogP contribution in [-0.4, -0.2) is 38.4 Å². The van der Waals surface area contributed by atoms with E-state index in [2.05, 4.69) is 0 Å². The predicted molar refractivity (Wildman–Crippen MR) is 71.5 cm³/mol. The third-order valence-corrected chi connectivity index (χ3v) is 5.38. The Labute approximate surface area is 114 Å². The van der Waals surface area contributed by atoms with E-state index >= 15 is 0 Å². The van der Waals surface area contributed by atoms with E-state index in [4.69, 9.17) is 0 Å². The van der Waals surface area contributed by atoms with Crippen LogP contribution in [0.4, 0.5) is 0 Å². The molecule has 0 heterocycles. The van der Waals surface area contributed by atoms with Crippen molar-refractivity contribution in [3.63, 3.8) is 0 Å². The number of hydrogen-bond donors (Lipinski definition) is 3. The lowest BCUT2D eigenvalue weighted by atomic mass is 9.52. The highest BCUT2D eigenvalue weighted by molar-refractivity contribution is 5.96. The normalized spacial score (nSPS) is 43.7. The molecule has 4 nitrogen and oxygen atoms in total. The zero-order chi connectivity index (χ0) is 14.6. The van der Waals surface area contributed by atoms with E-state index in [1.807, 2.05) is 0 Å². The van der Waals surface area contributed by atoms with Crippen molar-refractivity contribution < 1.29 is 20.1 Å². The molecule has 0 aromatic carbocycles. The molecular formula is C15H24O4. The molecular weight excluding hydrogens is 244 g/mol. The molecule has 0 amide bonds. The molecule has 0 aromatic heterocycles. The number of ketones is 1. The molecule has 2 aliphatic rings. The van der Waals surface area contributed by atoms with Crippen molar-refractivity contribution in [2.75, 3.05) is 0 Å². The van der Waals surface area contributed by atoms with E-state index in [9.17, 15) is 20.1 Å². The highest BCUT2D eigenvalue weighted by Gasteiger charge is 2.60. The van der Waals surface area contributed by atoms with E-state index in [0.29, 0.717) is 24.8 Å². The van der Waals surface area contributed by atoms with Crippen LogP contribution in [0.2, 0.25) is 0 Å². The van der Waals surface area contributed by atoms with Gasteiger partial charge in [-0.05, 0) is 57.6 Å². The van der Waals surface area contributed by atoms with Gasteiger partial charge in [-0.15, -0.1) is 0 Å². The van der Waals surface area contributed by atoms with Gasteiger partial charge in [0.1, 0.15) is 6.10 Å². The van der Waals surface area contributed by atoms with Gasteiger partial charge in [-0.3, -0.25) is 4.79 Å². The van der Waals surface area contributed by atoms with Gasteiger partial charge in [0.05, 0.1) is 11.2 Å². The smallest absolute Gasteiger partial charge is 0.184 e. The summed E-state index contributed by atoms with van der Waals surface area (Å²) in [5.41, 5.74) is -2.35. The second-order valence-corrected chi connectivity index (χ2v) is 7.00. The van der Waals surface area contributed by atoms with Crippen LogP contribution < -0.4 is 0 Å². The first-order valence-corrected chi connectivity index (χ1v) is 6.88. The summed E-state index contributed by atoms with van der Waals surface area (Å²) in [6, 6.07) is 0. The highest BCUT2D eigenvalue weighted by atomic mass is 16.3. The standard InChI is InChI=1S/C15H24O4/c1-9-7-11(16)12(17)14(4)6-5-10(13(2,3)18)8-15(9,14)19/h7,10,12,17-19H,5-6,8H2,1-4H3. The topological polar surface area (TPSA) is 77.8 Å². The van der Waals surface area contributed by atoms with Crippen LogP contribution in [0, 0.1) is 11.3 Å². The van der Waals surface area contributed by atoms with Crippen molar-refractivity contribution in [3.05, 3.63) is 11.6 Å². The van der Waals surface area contributed by atoms with Gasteiger partial charge in [0.2, 0.25) is 0 Å². The Hall–Kier alpha value is -0.710. The lowest BCUT2D eigenvalue weighted by Crippen LogP contribution is -2.63. The molecule has 0 radical (unpaired) electrons. The maximum absolute atomic E-state index is 11.8. The number of rotatable bonds is 1. The SMILES string of the molecule is CC1=CC(=O)C(O)C2(C)CCC(C(C)(C)O)CC12O. The van der Waals surface area contributed by atoms with Crippen molar-refractivity contribution in [1.82, 2.24) is 0 Å². The first-order chi connectivity index (χ1) is 8.52. The van der Waals surface area contributed by atoms with Crippen LogP contribution in [0.15, 0.2) is 11.6 Å². The first kappa shape index (κ1) is 14.7. The van der Waals surface area contributed by atoms with E-state index in [1.165, 1.54) is 6.08 Å². The van der Waals surface area contributed by atoms with Crippen LogP contribution in [-0.2, 0) is 4.79 Å². The molecule has 4 heteroatoms. The first-order valence-electron chi connectivity index (χ1n) is 6.88. The molecule has 0 aromatic rings. The zero-order valence-corrected chi connectivity index (χ0v) is 12.1. The fraction of sp³-hybridized carbons (Fsp3) is 0.800. The number of carbonyl (C=O) groups excluding carboxylic acids is 1. The number of carbonyl (C=O) groups is 1. The number of aliphatic hydroxyl groups excluding tert-OH is 1. The molecule has 1 saturated carbocycles. The number of aliphatic hydroxyl groups is 3. The maximum atomic E-state index is 11.8. The summed E-state index contributed by atoms with van der Waals surface area (Å²) in [5.74, 6) is -0.374. The molecule has 4 atom stereocenters. The Morgan fingerprint density at radius 2 is 2.00 bits per heavy atom. The molecule has 4 unspecified atom stereocenters. The predicted octanol–water partition coefficient (Wildman–Crippen LogP) is 1.18. The summed E-state index contributed by atoms with van der Waals surface area (Å²) in [4.78, 5) is 11.8. The Bertz CT molecular complexity index is 434. The molecule has 3 N–H and O–H groups in total. The summed E-state index contributed by atoms with van der Waals surface area (Å²) in [7, 11) is 0. The van der Waals surface area contributed by atoms with Gasteiger partial charge in [-0.1, -0.05) is 6.92 Å². The average molecular weight is 268 g/mol. The highest BCUT2D eigenvalue weighted by Crippen LogP contribution is 2.55. The van der Waals surface area contributed by atoms with Crippen LogP contribution in [0.25, 0.3) is 0 Å². The molecule has 2 aliphatic carbocycles. The van der Waals surface area contributed by atoms with Crippen molar-refractivity contribution in [2.45, 2.75) is 64.3 Å². The minimum Gasteiger partial charge on any atom is -0.390 e. The summed E-state index contributed by atoms with van der Waals surface area (Å²) in [6.07, 6.45) is 1.78. The van der Waals surface area contributed by atoms with Crippen LogP contribution in [0.3, 0.4) is 0 Å². The Balaban J connectivity index is 2.45. The van der Waals surface area contributed by atoms with Gasteiger partial charge < -0.3 is 15.3 Å². The monoisotopic (exact) mass is 268 g/mol. The number of fused-ring (bicyclic) bond motifs is 1. The fourth-order valence-corrected chi connectivity index (χ4v) is 3.68. The molecule has 0 bridgehead atoms. The van der Waals surface area contributed by atoms with Gasteiger partial charge in [-0.25, -0.2) is 0 Å². The molecule has 2 rings (SSSR count). The van der Waals surface area contributed by atoms with E-state index < -0.39 is 22.7 Å². The van der Waals surface area contributed by atoms with Gasteiger partial charge >= 0.3 is 0 Å². The van der Waals surface area contributed by atoms with Crippen LogP contribution >= 0.6 is 0 Å². The Kier molecular flexibility index (Phi) is 3.20. The largest absolute Gasteiger partial charge is 0.390 e. The molecule has 108 valence electrons. The maximum Gasteiger partial charge on any atom is 0.184 e. The van der Waals surface area contributed by atoms with E-state index in [1.54, 1.807) is 27.7 Å². The lowest BCUT2D eigenvalue weighted by molar-refractivity contribution is -0.179. The molecule has 0 spiro atoms. The second kappa shape index (κ2) is 4.14. The summed E-state index contributed by atoms with van der Waals surface area (Å²) < 4.78 is 0. The molecule has 0 aliphatic heterocycles. The van der Waals surface area contributed by atoms with Crippen LogP contribution in [0.1, 0.15) is 47.0 Å². The van der Waals surface area contributed by atoms with Gasteiger partial charge in [-0.2, -0.15) is 0 Å². The van der Waals surface area contributed by atoms with Crippen molar-refractivity contribution >= 4 is 5.78 Å². The van der Waals surface area contributed by atoms with E-state index in [-0.39, 0.29) is 11.7 Å². The average Bonchev–Trinajstić information content (AvgIpc) is 2.28. The Morgan fingerprint density at radius 1 is 1.42 bits per heavy atom. The van der Waals surface area contributed by atoms with Gasteiger partial charge in [0.15, 0.2) is 5.78 Å². The fourth-order valence-electron chi connectivity index (χ4n) is 3.68. The van der Waals surface area contributed by atoms with Gasteiger partial charge in [0, 0.05) is 5.41 Å². The molecule has 1 fully saturated rings.